The number of fused-ring (bicyclic) bond motifs is 2. The minimum atomic E-state index is -0.242. The molecule has 0 saturated carbocycles. The van der Waals surface area contributed by atoms with E-state index in [0.29, 0.717) is 0 Å². The number of benzene rings is 2. The van der Waals surface area contributed by atoms with Gasteiger partial charge in [-0.3, -0.25) is 9.97 Å². The first kappa shape index (κ1) is 15.2. The van der Waals surface area contributed by atoms with Gasteiger partial charge in [0.05, 0.1) is 22.4 Å². The highest BCUT2D eigenvalue weighted by Gasteiger charge is 2.24. The van der Waals surface area contributed by atoms with Crippen LogP contribution >= 0.6 is 0 Å². The van der Waals surface area contributed by atoms with Crippen LogP contribution in [0.15, 0.2) is 48.8 Å². The van der Waals surface area contributed by atoms with E-state index in [1.807, 2.05) is 25.1 Å². The van der Waals surface area contributed by atoms with Crippen molar-refractivity contribution in [2.24, 2.45) is 0 Å². The van der Waals surface area contributed by atoms with E-state index in [1.54, 1.807) is 18.5 Å². The van der Waals surface area contributed by atoms with Crippen molar-refractivity contribution in [2.45, 2.75) is 26.3 Å². The Morgan fingerprint density at radius 2 is 1.85 bits per heavy atom. The van der Waals surface area contributed by atoms with E-state index in [1.165, 1.54) is 6.07 Å². The van der Waals surface area contributed by atoms with Gasteiger partial charge < -0.3 is 4.57 Å². The summed E-state index contributed by atoms with van der Waals surface area (Å²) in [6.07, 6.45) is 5.44. The number of aryl methyl sites for hydroxylation is 2. The van der Waals surface area contributed by atoms with Crippen molar-refractivity contribution in [1.82, 2.24) is 19.5 Å². The summed E-state index contributed by atoms with van der Waals surface area (Å²) < 4.78 is 16.2. The molecule has 0 aliphatic carbocycles. The van der Waals surface area contributed by atoms with Crippen molar-refractivity contribution in [3.05, 3.63) is 66.0 Å². The molecule has 0 saturated heterocycles. The molecular formula is C21H17FN4. The van der Waals surface area contributed by atoms with Gasteiger partial charge >= 0.3 is 0 Å². The Morgan fingerprint density at radius 3 is 2.73 bits per heavy atom. The molecule has 1 aliphatic rings. The molecule has 0 N–H and O–H groups in total. The fourth-order valence-electron chi connectivity index (χ4n) is 3.77. The number of halogens is 1. The average Bonchev–Trinajstić information content (AvgIpc) is 3.24. The van der Waals surface area contributed by atoms with Crippen LogP contribution in [0.25, 0.3) is 33.5 Å². The van der Waals surface area contributed by atoms with Crippen molar-refractivity contribution in [3.8, 4) is 22.5 Å². The molecule has 2 aromatic carbocycles. The highest BCUT2D eigenvalue weighted by molar-refractivity contribution is 5.86. The summed E-state index contributed by atoms with van der Waals surface area (Å²) in [5.41, 5.74) is 6.50. The van der Waals surface area contributed by atoms with E-state index in [9.17, 15) is 4.39 Å². The summed E-state index contributed by atoms with van der Waals surface area (Å²) in [6.45, 7) is 2.93. The van der Waals surface area contributed by atoms with Crippen LogP contribution in [0.2, 0.25) is 0 Å². The van der Waals surface area contributed by atoms with Crippen LogP contribution in [-0.4, -0.2) is 19.5 Å². The van der Waals surface area contributed by atoms with Crippen molar-refractivity contribution in [1.29, 1.82) is 0 Å². The van der Waals surface area contributed by atoms with E-state index in [-0.39, 0.29) is 5.82 Å². The molecule has 0 amide bonds. The van der Waals surface area contributed by atoms with E-state index in [0.717, 1.165) is 64.3 Å². The number of imidazole rings is 1. The van der Waals surface area contributed by atoms with Gasteiger partial charge in [-0.25, -0.2) is 9.37 Å². The third-order valence-electron chi connectivity index (χ3n) is 5.03. The van der Waals surface area contributed by atoms with Crippen LogP contribution in [0.1, 0.15) is 17.8 Å². The number of hydrogen-bond donors (Lipinski definition) is 0. The first-order chi connectivity index (χ1) is 12.7. The molecule has 0 bridgehead atoms. The summed E-state index contributed by atoms with van der Waals surface area (Å²) >= 11 is 0. The summed E-state index contributed by atoms with van der Waals surface area (Å²) in [6, 6.07) is 11.0. The quantitative estimate of drug-likeness (QED) is 0.536. The van der Waals surface area contributed by atoms with Crippen LogP contribution in [0, 0.1) is 12.7 Å². The van der Waals surface area contributed by atoms with Gasteiger partial charge in [-0.15, -0.1) is 0 Å². The predicted molar refractivity (Wildman–Crippen MR) is 99.2 cm³/mol. The molecule has 128 valence electrons. The van der Waals surface area contributed by atoms with Crippen LogP contribution in [0.4, 0.5) is 4.39 Å². The second kappa shape index (κ2) is 5.73. The van der Waals surface area contributed by atoms with Gasteiger partial charge in [0.25, 0.3) is 0 Å². The zero-order valence-electron chi connectivity index (χ0n) is 14.4. The fraction of sp³-hybridized carbons (Fsp3) is 0.190. The van der Waals surface area contributed by atoms with E-state index >= 15 is 0 Å². The molecule has 0 unspecified atom stereocenters. The lowest BCUT2D eigenvalue weighted by molar-refractivity contribution is 0.628. The molecule has 1 aliphatic heterocycles. The normalized spacial score (nSPS) is 13.3. The lowest BCUT2D eigenvalue weighted by atomic mass is 10.00. The molecule has 26 heavy (non-hydrogen) atoms. The monoisotopic (exact) mass is 344 g/mol. The Hall–Kier alpha value is -3.08. The zero-order valence-corrected chi connectivity index (χ0v) is 14.4. The summed E-state index contributed by atoms with van der Waals surface area (Å²) in [4.78, 5) is 13.7. The van der Waals surface area contributed by atoms with Gasteiger partial charge in [0.2, 0.25) is 0 Å². The molecule has 2 aromatic heterocycles. The Labute approximate surface area is 150 Å². The van der Waals surface area contributed by atoms with Crippen LogP contribution in [0.3, 0.4) is 0 Å². The fourth-order valence-corrected chi connectivity index (χ4v) is 3.77. The first-order valence-electron chi connectivity index (χ1n) is 8.78. The number of hydrogen-bond acceptors (Lipinski definition) is 3. The topological polar surface area (TPSA) is 43.6 Å². The minimum Gasteiger partial charge on any atom is -0.327 e. The lowest BCUT2D eigenvalue weighted by Crippen LogP contribution is -1.97. The summed E-state index contributed by atoms with van der Waals surface area (Å²) in [7, 11) is 0. The van der Waals surface area contributed by atoms with Crippen LogP contribution < -0.4 is 0 Å². The highest BCUT2D eigenvalue weighted by Crippen LogP contribution is 2.37. The van der Waals surface area contributed by atoms with Crippen LogP contribution in [-0.2, 0) is 13.0 Å². The van der Waals surface area contributed by atoms with Gasteiger partial charge in [-0.1, -0.05) is 12.1 Å². The third-order valence-corrected chi connectivity index (χ3v) is 5.03. The highest BCUT2D eigenvalue weighted by atomic mass is 19.1. The molecule has 0 fully saturated rings. The van der Waals surface area contributed by atoms with Crippen molar-refractivity contribution in [3.63, 3.8) is 0 Å². The van der Waals surface area contributed by atoms with E-state index in [2.05, 4.69) is 20.6 Å². The largest absolute Gasteiger partial charge is 0.327 e. The van der Waals surface area contributed by atoms with Crippen molar-refractivity contribution in [2.75, 3.05) is 0 Å². The molecule has 5 heteroatoms. The standard InChI is InChI=1S/C21H17FN4/c1-13-4-6-15(22)12-16(13)20-21(26-10-2-3-19(26)25-20)14-5-7-17-18(11-14)24-9-8-23-17/h4-9,11-12H,2-3,10H2,1H3. The van der Waals surface area contributed by atoms with Crippen LogP contribution in [0.5, 0.6) is 0 Å². The molecule has 4 nitrogen and oxygen atoms in total. The molecule has 0 atom stereocenters. The maximum atomic E-state index is 13.9. The smallest absolute Gasteiger partial charge is 0.123 e. The Bertz CT molecular complexity index is 1150. The van der Waals surface area contributed by atoms with Gasteiger partial charge in [-0.2, -0.15) is 0 Å². The second-order valence-electron chi connectivity index (χ2n) is 6.70. The van der Waals surface area contributed by atoms with Gasteiger partial charge in [0.15, 0.2) is 0 Å². The summed E-state index contributed by atoms with van der Waals surface area (Å²) in [5.74, 6) is 0.826. The Kier molecular flexibility index (Phi) is 3.35. The molecular weight excluding hydrogens is 327 g/mol. The van der Waals surface area contributed by atoms with Gasteiger partial charge in [-0.05, 0) is 43.2 Å². The Morgan fingerprint density at radius 1 is 1.00 bits per heavy atom. The second-order valence-corrected chi connectivity index (χ2v) is 6.70. The van der Waals surface area contributed by atoms with E-state index < -0.39 is 0 Å². The lowest BCUT2D eigenvalue weighted by Gasteiger charge is -2.11. The number of aromatic nitrogens is 4. The predicted octanol–water partition coefficient (Wildman–Crippen LogP) is 4.55. The number of rotatable bonds is 2. The summed E-state index contributed by atoms with van der Waals surface area (Å²) in [5, 5.41) is 0. The maximum Gasteiger partial charge on any atom is 0.123 e. The van der Waals surface area contributed by atoms with Crippen molar-refractivity contribution < 1.29 is 4.39 Å². The Balaban J connectivity index is 1.78. The molecule has 0 spiro atoms. The zero-order chi connectivity index (χ0) is 17.7. The van der Waals surface area contributed by atoms with Gasteiger partial charge in [0.1, 0.15) is 11.6 Å². The van der Waals surface area contributed by atoms with Gasteiger partial charge in [0, 0.05) is 36.5 Å². The molecule has 5 rings (SSSR count). The first-order valence-corrected chi connectivity index (χ1v) is 8.78. The molecule has 4 aromatic rings. The third kappa shape index (κ3) is 2.31. The minimum absolute atomic E-state index is 0.242. The van der Waals surface area contributed by atoms with E-state index in [4.69, 9.17) is 4.98 Å². The average molecular weight is 344 g/mol. The maximum absolute atomic E-state index is 13.9. The van der Waals surface area contributed by atoms with Crippen molar-refractivity contribution >= 4 is 11.0 Å². The molecule has 3 heterocycles. The SMILES string of the molecule is Cc1ccc(F)cc1-c1nc2n(c1-c1ccc3nccnc3c1)CCC2. The number of nitrogens with zero attached hydrogens (tertiary/aromatic N) is 4. The molecule has 0 radical (unpaired) electrons.